The van der Waals surface area contributed by atoms with Crippen LogP contribution < -0.4 is 15.0 Å². The molecule has 0 unspecified atom stereocenters. The highest BCUT2D eigenvalue weighted by atomic mass is 32.2. The van der Waals surface area contributed by atoms with Gasteiger partial charge in [0.15, 0.2) is 11.0 Å². The third-order valence-electron chi connectivity index (χ3n) is 6.16. The molecule has 1 saturated heterocycles. The van der Waals surface area contributed by atoms with Gasteiger partial charge in [-0.1, -0.05) is 11.8 Å². The first-order chi connectivity index (χ1) is 22.3. The summed E-state index contributed by atoms with van der Waals surface area (Å²) in [5, 5.41) is 16.2. The van der Waals surface area contributed by atoms with Gasteiger partial charge in [0.2, 0.25) is 5.91 Å². The average Bonchev–Trinajstić information content (AvgIpc) is 3.64. The first-order valence-electron chi connectivity index (χ1n) is 13.3. The van der Waals surface area contributed by atoms with Crippen molar-refractivity contribution in [2.24, 2.45) is 4.99 Å². The molecule has 0 bridgehead atoms. The van der Waals surface area contributed by atoms with Crippen LogP contribution in [0.15, 0.2) is 82.9 Å². The van der Waals surface area contributed by atoms with Crippen molar-refractivity contribution >= 4 is 52.0 Å². The number of thioether (sulfide) groups is 2. The lowest BCUT2D eigenvalue weighted by molar-refractivity contribution is -0.139. The molecular weight excluding hydrogens is 672 g/mol. The van der Waals surface area contributed by atoms with Crippen molar-refractivity contribution in [1.29, 1.82) is 5.26 Å². The van der Waals surface area contributed by atoms with Gasteiger partial charge < -0.3 is 10.1 Å². The molecular formula is C29H19F6N7O3S2. The van der Waals surface area contributed by atoms with Gasteiger partial charge in [-0.05, 0) is 78.5 Å². The van der Waals surface area contributed by atoms with Gasteiger partial charge in [-0.3, -0.25) is 9.69 Å². The number of anilines is 2. The molecule has 5 rings (SSSR count). The van der Waals surface area contributed by atoms with Crippen molar-refractivity contribution in [2.45, 2.75) is 23.0 Å². The molecule has 4 aromatic rings. The normalized spacial score (nSPS) is 14.4. The predicted molar refractivity (Wildman–Crippen MR) is 162 cm³/mol. The van der Waals surface area contributed by atoms with Crippen LogP contribution in [0.2, 0.25) is 0 Å². The lowest BCUT2D eigenvalue weighted by Gasteiger charge is -2.20. The summed E-state index contributed by atoms with van der Waals surface area (Å²) in [6.45, 7) is -0.728. The lowest BCUT2D eigenvalue weighted by Crippen LogP contribution is -2.31. The van der Waals surface area contributed by atoms with Gasteiger partial charge >= 0.3 is 17.7 Å². The molecule has 0 spiro atoms. The van der Waals surface area contributed by atoms with E-state index in [-0.39, 0.29) is 44.6 Å². The Labute approximate surface area is 270 Å². The Hall–Kier alpha value is -5.02. The molecule has 1 fully saturated rings. The molecule has 3 amide bonds. The number of halogens is 6. The van der Waals surface area contributed by atoms with Gasteiger partial charge in [-0.2, -0.15) is 36.6 Å². The van der Waals surface area contributed by atoms with E-state index in [2.05, 4.69) is 20.4 Å². The Morgan fingerprint density at radius 2 is 1.79 bits per heavy atom. The van der Waals surface area contributed by atoms with Crippen molar-refractivity contribution in [3.05, 3.63) is 78.6 Å². The van der Waals surface area contributed by atoms with Crippen molar-refractivity contribution in [2.75, 3.05) is 22.6 Å². The summed E-state index contributed by atoms with van der Waals surface area (Å²) >= 11 is 0.699. The number of aromatic nitrogens is 3. The molecule has 1 aromatic heterocycles. The minimum atomic E-state index is -4.47. The Balaban J connectivity index is 1.27. The van der Waals surface area contributed by atoms with Crippen molar-refractivity contribution in [3.8, 4) is 28.9 Å². The SMILES string of the molecule is N#Cc1ccc(OCCC(F)(F)F)c(N2C(=O)CSC2=NC(=O)Nc2ccc(-c3ncn(-c4ccc(SC(F)(F)F)cc4)n3)cc2)c1. The average molecular weight is 692 g/mol. The van der Waals surface area contributed by atoms with E-state index in [0.29, 0.717) is 22.8 Å². The molecule has 3 aromatic carbocycles. The van der Waals surface area contributed by atoms with Crippen LogP contribution in [0.4, 0.5) is 42.5 Å². The number of nitrogens with one attached hydrogen (secondary N) is 1. The third-order valence-corrected chi connectivity index (χ3v) is 7.82. The third kappa shape index (κ3) is 8.83. The van der Waals surface area contributed by atoms with Gasteiger partial charge in [0.05, 0.1) is 41.8 Å². The molecule has 1 N–H and O–H groups in total. The zero-order chi connectivity index (χ0) is 33.8. The van der Waals surface area contributed by atoms with E-state index >= 15 is 0 Å². The molecule has 2 heterocycles. The summed E-state index contributed by atoms with van der Waals surface area (Å²) in [5.74, 6) is -0.428. The molecule has 47 heavy (non-hydrogen) atoms. The number of hydrogen-bond donors (Lipinski definition) is 1. The number of aliphatic imine (C=N–C) groups is 1. The van der Waals surface area contributed by atoms with Gasteiger partial charge in [0, 0.05) is 16.1 Å². The number of hydrogen-bond acceptors (Lipinski definition) is 8. The molecule has 0 aliphatic carbocycles. The number of carbonyl (C=O) groups is 2. The van der Waals surface area contributed by atoms with Crippen LogP contribution in [0.1, 0.15) is 12.0 Å². The fraction of sp³-hybridized carbons (Fsp3) is 0.172. The van der Waals surface area contributed by atoms with Crippen LogP contribution in [0.25, 0.3) is 17.1 Å². The number of carbonyl (C=O) groups excluding carboxylic acids is 2. The second-order valence-corrected chi connectivity index (χ2v) is 11.6. The van der Waals surface area contributed by atoms with E-state index in [1.807, 2.05) is 6.07 Å². The first-order valence-corrected chi connectivity index (χ1v) is 15.1. The van der Waals surface area contributed by atoms with Crippen LogP contribution in [0.5, 0.6) is 5.75 Å². The van der Waals surface area contributed by atoms with E-state index in [9.17, 15) is 41.2 Å². The highest BCUT2D eigenvalue weighted by molar-refractivity contribution is 8.15. The smallest absolute Gasteiger partial charge is 0.446 e. The standard InChI is InChI=1S/C29H19F6N7O3S2/c30-28(31,32)11-12-45-23-10-1-17(14-36)13-22(23)42-24(43)15-46-27(42)39-26(44)38-19-4-2-18(3-5-19)25-37-16-41(40-25)20-6-8-21(9-7-20)47-29(33,34)35/h1-10,13,16H,11-12,15H2,(H,38,44). The van der Waals surface area contributed by atoms with Crippen molar-refractivity contribution < 1.29 is 40.7 Å². The molecule has 0 atom stereocenters. The number of benzene rings is 3. The number of nitrogens with zero attached hydrogens (tertiary/aromatic N) is 6. The number of nitriles is 1. The molecule has 0 radical (unpaired) electrons. The highest BCUT2D eigenvalue weighted by Gasteiger charge is 2.34. The summed E-state index contributed by atoms with van der Waals surface area (Å²) in [6, 6.07) is 16.8. The number of rotatable bonds is 8. The fourth-order valence-corrected chi connectivity index (χ4v) is 5.50. The van der Waals surface area contributed by atoms with E-state index in [1.54, 1.807) is 24.3 Å². The lowest BCUT2D eigenvalue weighted by atomic mass is 10.2. The fourth-order valence-electron chi connectivity index (χ4n) is 4.10. The monoisotopic (exact) mass is 691 g/mol. The van der Waals surface area contributed by atoms with E-state index < -0.39 is 36.7 Å². The number of amidine groups is 1. The zero-order valence-corrected chi connectivity index (χ0v) is 25.2. The molecule has 242 valence electrons. The Bertz CT molecular complexity index is 1850. The summed E-state index contributed by atoms with van der Waals surface area (Å²) in [5.41, 5.74) is -2.94. The Morgan fingerprint density at radius 1 is 1.06 bits per heavy atom. The van der Waals surface area contributed by atoms with Gasteiger partial charge in [0.25, 0.3) is 0 Å². The molecule has 1 aliphatic rings. The largest absolute Gasteiger partial charge is 0.491 e. The summed E-state index contributed by atoms with van der Waals surface area (Å²) in [4.78, 5) is 34.8. The topological polar surface area (TPSA) is 125 Å². The zero-order valence-electron chi connectivity index (χ0n) is 23.5. The van der Waals surface area contributed by atoms with Gasteiger partial charge in [0.1, 0.15) is 12.1 Å². The van der Waals surface area contributed by atoms with E-state index in [0.717, 1.165) is 16.7 Å². The maximum Gasteiger partial charge on any atom is 0.446 e. The maximum absolute atomic E-state index is 12.8. The van der Waals surface area contributed by atoms with E-state index in [1.165, 1.54) is 53.5 Å². The highest BCUT2D eigenvalue weighted by Crippen LogP contribution is 2.37. The predicted octanol–water partition coefficient (Wildman–Crippen LogP) is 7.42. The number of amides is 3. The van der Waals surface area contributed by atoms with E-state index in [4.69, 9.17) is 4.74 Å². The second-order valence-electron chi connectivity index (χ2n) is 9.48. The van der Waals surface area contributed by atoms with Crippen molar-refractivity contribution in [3.63, 3.8) is 0 Å². The Kier molecular flexibility index (Phi) is 9.77. The van der Waals surface area contributed by atoms with Gasteiger partial charge in [-0.25, -0.2) is 14.5 Å². The number of ether oxygens (including phenoxy) is 1. The van der Waals surface area contributed by atoms with Crippen molar-refractivity contribution in [1.82, 2.24) is 14.8 Å². The quantitative estimate of drug-likeness (QED) is 0.150. The van der Waals surface area contributed by atoms with Crippen LogP contribution in [-0.2, 0) is 4.79 Å². The minimum Gasteiger partial charge on any atom is -0.491 e. The Morgan fingerprint density at radius 3 is 2.45 bits per heavy atom. The summed E-state index contributed by atoms with van der Waals surface area (Å²) in [6.07, 6.45) is -4.31. The molecule has 18 heteroatoms. The van der Waals surface area contributed by atoms with Crippen LogP contribution in [0.3, 0.4) is 0 Å². The summed E-state index contributed by atoms with van der Waals surface area (Å²) < 4.78 is 82.4. The minimum absolute atomic E-state index is 0.0276. The van der Waals surface area contributed by atoms with Crippen LogP contribution >= 0.6 is 23.5 Å². The molecule has 10 nitrogen and oxygen atoms in total. The van der Waals surface area contributed by atoms with Crippen LogP contribution in [-0.4, -0.2) is 55.9 Å². The number of urea groups is 1. The maximum atomic E-state index is 12.8. The van der Waals surface area contributed by atoms with Gasteiger partial charge in [-0.15, -0.1) is 5.10 Å². The first kappa shape index (κ1) is 33.3. The van der Waals surface area contributed by atoms with Crippen LogP contribution in [0, 0.1) is 11.3 Å². The molecule has 0 saturated carbocycles. The summed E-state index contributed by atoms with van der Waals surface area (Å²) in [7, 11) is 0. The number of alkyl halides is 6. The second kappa shape index (κ2) is 13.8. The molecule has 1 aliphatic heterocycles.